The third-order valence-corrected chi connectivity index (χ3v) is 3.58. The molecule has 1 N–H and O–H groups in total. The summed E-state index contributed by atoms with van der Waals surface area (Å²) in [7, 11) is 0. The Balaban J connectivity index is 2.41. The van der Waals surface area contributed by atoms with Crippen LogP contribution in [0.5, 0.6) is 0 Å². The lowest BCUT2D eigenvalue weighted by Gasteiger charge is -2.37. The molecule has 1 atom stereocenters. The highest BCUT2D eigenvalue weighted by Gasteiger charge is 2.29. The third kappa shape index (κ3) is 6.22. The Morgan fingerprint density at radius 3 is 2.09 bits per heavy atom. The van der Waals surface area contributed by atoms with Gasteiger partial charge in [-0.3, -0.25) is 9.69 Å². The van der Waals surface area contributed by atoms with Crippen molar-refractivity contribution in [3.05, 3.63) is 0 Å². The molecule has 0 aliphatic carbocycles. The number of ether oxygens (including phenoxy) is 1. The van der Waals surface area contributed by atoms with E-state index in [1.165, 1.54) is 0 Å². The van der Waals surface area contributed by atoms with Gasteiger partial charge in [0.15, 0.2) is 0 Å². The van der Waals surface area contributed by atoms with Gasteiger partial charge in [0.25, 0.3) is 0 Å². The zero-order chi connectivity index (χ0) is 16.9. The molecule has 1 aliphatic rings. The van der Waals surface area contributed by atoms with Crippen LogP contribution >= 0.6 is 0 Å². The molecule has 1 fully saturated rings. The van der Waals surface area contributed by atoms with Crippen molar-refractivity contribution in [1.29, 1.82) is 0 Å². The molecule has 1 saturated heterocycles. The van der Waals surface area contributed by atoms with Crippen LogP contribution in [0.2, 0.25) is 0 Å². The molecule has 1 rings (SSSR count). The van der Waals surface area contributed by atoms with Gasteiger partial charge in [0.2, 0.25) is 5.91 Å². The first-order valence-corrected chi connectivity index (χ1v) is 8.10. The van der Waals surface area contributed by atoms with Gasteiger partial charge < -0.3 is 15.0 Å². The third-order valence-electron chi connectivity index (χ3n) is 3.58. The van der Waals surface area contributed by atoms with Crippen molar-refractivity contribution in [3.8, 4) is 0 Å². The van der Waals surface area contributed by atoms with E-state index in [0.29, 0.717) is 38.6 Å². The van der Waals surface area contributed by atoms with Gasteiger partial charge in [-0.15, -0.1) is 0 Å². The molecule has 128 valence electrons. The van der Waals surface area contributed by atoms with E-state index in [9.17, 15) is 9.59 Å². The summed E-state index contributed by atoms with van der Waals surface area (Å²) in [6.07, 6.45) is -0.274. The average Bonchev–Trinajstić information content (AvgIpc) is 2.42. The first-order valence-electron chi connectivity index (χ1n) is 8.10. The van der Waals surface area contributed by atoms with Gasteiger partial charge in [0.05, 0.1) is 6.04 Å². The topological polar surface area (TPSA) is 61.9 Å². The predicted octanol–water partition coefficient (Wildman–Crippen LogP) is 1.70. The lowest BCUT2D eigenvalue weighted by atomic mass is 10.2. The van der Waals surface area contributed by atoms with Gasteiger partial charge in [-0.1, -0.05) is 13.8 Å². The number of carbonyl (C=O) groups is 2. The van der Waals surface area contributed by atoms with Crippen LogP contribution in [-0.4, -0.2) is 66.2 Å². The van der Waals surface area contributed by atoms with Crippen LogP contribution in [0.1, 0.15) is 41.5 Å². The number of carbonyl (C=O) groups excluding carboxylic acids is 2. The highest BCUT2D eigenvalue weighted by molar-refractivity contribution is 5.81. The van der Waals surface area contributed by atoms with E-state index in [1.54, 1.807) is 4.90 Å². The van der Waals surface area contributed by atoms with Crippen molar-refractivity contribution in [3.63, 3.8) is 0 Å². The molecule has 0 spiro atoms. The Morgan fingerprint density at radius 2 is 1.64 bits per heavy atom. The van der Waals surface area contributed by atoms with Crippen molar-refractivity contribution in [2.75, 3.05) is 32.7 Å². The Kier molecular flexibility index (Phi) is 6.66. The maximum atomic E-state index is 12.1. The molecular weight excluding hydrogens is 282 g/mol. The molecular formula is C16H31N3O3. The molecule has 0 saturated carbocycles. The van der Waals surface area contributed by atoms with Crippen LogP contribution in [-0.2, 0) is 9.53 Å². The van der Waals surface area contributed by atoms with E-state index in [4.69, 9.17) is 4.74 Å². The van der Waals surface area contributed by atoms with Crippen LogP contribution < -0.4 is 5.32 Å². The first kappa shape index (κ1) is 18.7. The summed E-state index contributed by atoms with van der Waals surface area (Å²) >= 11 is 0. The summed E-state index contributed by atoms with van der Waals surface area (Å²) in [6.45, 7) is 14.9. The van der Waals surface area contributed by atoms with Crippen molar-refractivity contribution in [2.24, 2.45) is 5.92 Å². The predicted molar refractivity (Wildman–Crippen MR) is 86.7 cm³/mol. The summed E-state index contributed by atoms with van der Waals surface area (Å²) < 4.78 is 5.37. The van der Waals surface area contributed by atoms with Crippen LogP contribution in [0.3, 0.4) is 0 Å². The van der Waals surface area contributed by atoms with Gasteiger partial charge in [-0.2, -0.15) is 0 Å². The molecule has 22 heavy (non-hydrogen) atoms. The number of hydrogen-bond donors (Lipinski definition) is 1. The minimum Gasteiger partial charge on any atom is -0.444 e. The lowest BCUT2D eigenvalue weighted by molar-refractivity contribution is -0.126. The minimum absolute atomic E-state index is 0.0550. The van der Waals surface area contributed by atoms with E-state index in [0.717, 1.165) is 0 Å². The zero-order valence-corrected chi connectivity index (χ0v) is 14.8. The number of hydrogen-bond acceptors (Lipinski definition) is 4. The molecule has 6 heteroatoms. The highest BCUT2D eigenvalue weighted by Crippen LogP contribution is 2.13. The fourth-order valence-electron chi connectivity index (χ4n) is 2.24. The highest BCUT2D eigenvalue weighted by atomic mass is 16.6. The summed E-state index contributed by atoms with van der Waals surface area (Å²) in [5.74, 6) is 0.500. The molecule has 0 radical (unpaired) electrons. The van der Waals surface area contributed by atoms with Crippen LogP contribution in [0.15, 0.2) is 0 Å². The second-order valence-electron chi connectivity index (χ2n) is 7.32. The van der Waals surface area contributed by atoms with E-state index in [-0.39, 0.29) is 18.0 Å². The normalized spacial score (nSPS) is 18.2. The molecule has 0 bridgehead atoms. The van der Waals surface area contributed by atoms with Crippen LogP contribution in [0.25, 0.3) is 0 Å². The largest absolute Gasteiger partial charge is 0.444 e. The Morgan fingerprint density at radius 1 is 1.09 bits per heavy atom. The lowest BCUT2D eigenvalue weighted by Crippen LogP contribution is -2.55. The van der Waals surface area contributed by atoms with Crippen molar-refractivity contribution in [1.82, 2.24) is 15.1 Å². The Hall–Kier alpha value is -1.30. The van der Waals surface area contributed by atoms with E-state index >= 15 is 0 Å². The number of nitrogens with one attached hydrogen (secondary N) is 1. The summed E-state index contributed by atoms with van der Waals surface area (Å²) in [5, 5.41) is 2.96. The molecule has 1 unspecified atom stereocenters. The first-order chi connectivity index (χ1) is 10.1. The fraction of sp³-hybridized carbons (Fsp3) is 0.875. The van der Waals surface area contributed by atoms with Crippen molar-refractivity contribution >= 4 is 12.0 Å². The van der Waals surface area contributed by atoms with Gasteiger partial charge in [0.1, 0.15) is 5.60 Å². The second kappa shape index (κ2) is 7.81. The van der Waals surface area contributed by atoms with Gasteiger partial charge >= 0.3 is 6.09 Å². The number of rotatable bonds is 4. The summed E-state index contributed by atoms with van der Waals surface area (Å²) in [5.41, 5.74) is -0.474. The number of piperazine rings is 1. The maximum Gasteiger partial charge on any atom is 0.410 e. The monoisotopic (exact) mass is 313 g/mol. The Bertz CT molecular complexity index is 383. The van der Waals surface area contributed by atoms with E-state index in [1.807, 2.05) is 27.7 Å². The summed E-state index contributed by atoms with van der Waals surface area (Å²) in [4.78, 5) is 27.9. The molecule has 0 aromatic carbocycles. The van der Waals surface area contributed by atoms with Crippen LogP contribution in [0.4, 0.5) is 4.79 Å². The molecule has 0 aromatic rings. The standard InChI is InChI=1S/C16H31N3O3/c1-12(2)11-17-14(20)13(3)18-7-9-19(10-8-18)15(21)22-16(4,5)6/h12-13H,7-11H2,1-6H3,(H,17,20). The van der Waals surface area contributed by atoms with Crippen molar-refractivity contribution < 1.29 is 14.3 Å². The molecule has 0 aromatic heterocycles. The molecule has 6 nitrogen and oxygen atoms in total. The average molecular weight is 313 g/mol. The van der Waals surface area contributed by atoms with Gasteiger partial charge in [-0.25, -0.2) is 4.79 Å². The van der Waals surface area contributed by atoms with E-state index in [2.05, 4.69) is 24.1 Å². The maximum absolute atomic E-state index is 12.1. The smallest absolute Gasteiger partial charge is 0.410 e. The van der Waals surface area contributed by atoms with E-state index < -0.39 is 5.60 Å². The summed E-state index contributed by atoms with van der Waals surface area (Å²) in [6, 6.07) is -0.167. The quantitative estimate of drug-likeness (QED) is 0.858. The van der Waals surface area contributed by atoms with Gasteiger partial charge in [-0.05, 0) is 33.6 Å². The second-order valence-corrected chi connectivity index (χ2v) is 7.32. The fourth-order valence-corrected chi connectivity index (χ4v) is 2.24. The minimum atomic E-state index is -0.474. The number of nitrogens with zero attached hydrogens (tertiary/aromatic N) is 2. The van der Waals surface area contributed by atoms with Crippen molar-refractivity contribution in [2.45, 2.75) is 53.2 Å². The number of amides is 2. The Labute approximate surface area is 134 Å². The molecule has 1 aliphatic heterocycles. The van der Waals surface area contributed by atoms with Crippen LogP contribution in [0, 0.1) is 5.92 Å². The van der Waals surface area contributed by atoms with Gasteiger partial charge in [0, 0.05) is 32.7 Å². The molecule has 2 amide bonds. The molecule has 1 heterocycles. The zero-order valence-electron chi connectivity index (χ0n) is 14.8. The SMILES string of the molecule is CC(C)CNC(=O)C(C)N1CCN(C(=O)OC(C)(C)C)CC1.